The van der Waals surface area contributed by atoms with E-state index in [4.69, 9.17) is 4.74 Å². The van der Waals surface area contributed by atoms with Crippen molar-refractivity contribution in [2.24, 2.45) is 0 Å². The van der Waals surface area contributed by atoms with Crippen LogP contribution in [-0.2, 0) is 23.9 Å². The molecule has 1 aromatic carbocycles. The maximum Gasteiger partial charge on any atom is 0.408 e. The predicted octanol–water partition coefficient (Wildman–Crippen LogP) is 3.68. The summed E-state index contributed by atoms with van der Waals surface area (Å²) >= 11 is 1.54. The number of hydrogen-bond donors (Lipinski definition) is 2. The van der Waals surface area contributed by atoms with Gasteiger partial charge in [-0.05, 0) is 65.0 Å². The fraction of sp³-hybridized carbons (Fsp3) is 0.615. The number of methoxy groups -OCH3 is 1. The number of hydrogen-bond acceptors (Lipinski definition) is 7. The van der Waals surface area contributed by atoms with Gasteiger partial charge in [-0.15, -0.1) is 0 Å². The van der Waals surface area contributed by atoms with Crippen LogP contribution in [0.3, 0.4) is 0 Å². The van der Waals surface area contributed by atoms with Crippen LogP contribution < -0.4 is 10.6 Å². The second-order valence-electron chi connectivity index (χ2n) is 9.96. The average molecular weight is 524 g/mol. The Hall–Kier alpha value is -2.75. The number of ether oxygens (including phenoxy) is 2. The summed E-state index contributed by atoms with van der Waals surface area (Å²) in [7, 11) is 1.23. The zero-order valence-electron chi connectivity index (χ0n) is 22.7. The average Bonchev–Trinajstić information content (AvgIpc) is 2.82. The Bertz CT molecular complexity index is 885. The van der Waals surface area contributed by atoms with Crippen molar-refractivity contribution < 1.29 is 28.7 Å². The van der Waals surface area contributed by atoms with Gasteiger partial charge >= 0.3 is 12.1 Å². The number of thioether (sulfide) groups is 1. The molecule has 2 unspecified atom stereocenters. The van der Waals surface area contributed by atoms with Gasteiger partial charge in [0, 0.05) is 5.54 Å². The molecule has 10 heteroatoms. The van der Waals surface area contributed by atoms with Crippen molar-refractivity contribution in [3.63, 3.8) is 0 Å². The van der Waals surface area contributed by atoms with E-state index in [1.54, 1.807) is 56.8 Å². The Labute approximate surface area is 219 Å². The predicted molar refractivity (Wildman–Crippen MR) is 142 cm³/mol. The zero-order chi connectivity index (χ0) is 27.5. The third kappa shape index (κ3) is 9.72. The van der Waals surface area contributed by atoms with E-state index in [0.29, 0.717) is 24.2 Å². The minimum Gasteiger partial charge on any atom is -0.468 e. The van der Waals surface area contributed by atoms with Crippen LogP contribution in [0, 0.1) is 0 Å². The number of amides is 3. The lowest BCUT2D eigenvalue weighted by Gasteiger charge is -2.44. The number of carbonyl (C=O) groups excluding carboxylic acids is 4. The van der Waals surface area contributed by atoms with Gasteiger partial charge in [0.15, 0.2) is 0 Å². The van der Waals surface area contributed by atoms with E-state index >= 15 is 0 Å². The van der Waals surface area contributed by atoms with Gasteiger partial charge in [-0.25, -0.2) is 4.79 Å². The molecular formula is C26H41N3O6S. The van der Waals surface area contributed by atoms with Crippen LogP contribution >= 0.6 is 11.8 Å². The lowest BCUT2D eigenvalue weighted by atomic mass is 9.91. The maximum absolute atomic E-state index is 14.1. The Morgan fingerprint density at radius 2 is 1.67 bits per heavy atom. The normalized spacial score (nSPS) is 13.2. The van der Waals surface area contributed by atoms with Gasteiger partial charge in [0.05, 0.1) is 7.11 Å². The van der Waals surface area contributed by atoms with Crippen LogP contribution in [0.1, 0.15) is 66.0 Å². The highest BCUT2D eigenvalue weighted by Crippen LogP contribution is 2.32. The Balaban J connectivity index is 3.52. The second-order valence-corrected chi connectivity index (χ2v) is 10.9. The molecule has 0 aliphatic rings. The molecule has 0 spiro atoms. The van der Waals surface area contributed by atoms with Crippen molar-refractivity contribution in [3.05, 3.63) is 35.9 Å². The second kappa shape index (κ2) is 14.1. The van der Waals surface area contributed by atoms with E-state index < -0.39 is 47.1 Å². The van der Waals surface area contributed by atoms with E-state index in [9.17, 15) is 19.2 Å². The highest BCUT2D eigenvalue weighted by Gasteiger charge is 2.43. The molecule has 0 fully saturated rings. The minimum atomic E-state index is -1.05. The first-order valence-corrected chi connectivity index (χ1v) is 13.4. The fourth-order valence-electron chi connectivity index (χ4n) is 3.44. The van der Waals surface area contributed by atoms with Crippen molar-refractivity contribution in [2.45, 2.75) is 77.6 Å². The van der Waals surface area contributed by atoms with Crippen molar-refractivity contribution in [3.8, 4) is 0 Å². The smallest absolute Gasteiger partial charge is 0.408 e. The third-order valence-corrected chi connectivity index (χ3v) is 6.25. The first-order chi connectivity index (χ1) is 16.8. The third-order valence-electron chi connectivity index (χ3n) is 5.61. The van der Waals surface area contributed by atoms with E-state index in [2.05, 4.69) is 15.4 Å². The van der Waals surface area contributed by atoms with Gasteiger partial charge in [0.1, 0.15) is 24.2 Å². The molecule has 0 saturated heterocycles. The molecule has 3 amide bonds. The number of benzene rings is 1. The molecular weight excluding hydrogens is 482 g/mol. The molecule has 0 radical (unpaired) electrons. The summed E-state index contributed by atoms with van der Waals surface area (Å²) in [4.78, 5) is 53.5. The lowest BCUT2D eigenvalue weighted by molar-refractivity contribution is -0.150. The summed E-state index contributed by atoms with van der Waals surface area (Å²) in [5, 5.41) is 5.31. The number of nitrogens with one attached hydrogen (secondary N) is 2. The minimum absolute atomic E-state index is 0.334. The van der Waals surface area contributed by atoms with Crippen molar-refractivity contribution in [2.75, 3.05) is 25.7 Å². The van der Waals surface area contributed by atoms with E-state index in [-0.39, 0.29) is 6.54 Å². The number of alkyl carbamates (subject to hydrolysis) is 1. The lowest BCUT2D eigenvalue weighted by Crippen LogP contribution is -2.59. The van der Waals surface area contributed by atoms with Crippen LogP contribution in [0.15, 0.2) is 30.3 Å². The fourth-order valence-corrected chi connectivity index (χ4v) is 3.91. The largest absolute Gasteiger partial charge is 0.468 e. The topological polar surface area (TPSA) is 114 Å². The quantitative estimate of drug-likeness (QED) is 0.402. The molecule has 0 saturated carbocycles. The molecule has 9 nitrogen and oxygen atoms in total. The standard InChI is InChI=1S/C26H41N3O6S/c1-9-26(5,6)29(23(32)19(15-16-36-8)28-24(33)35-25(2,3)4)21(18-13-11-10-12-14-18)22(31)27-17-20(30)34-7/h10-14,19,21H,9,15-17H2,1-8H3,(H,27,31)(H,28,33). The molecule has 0 aliphatic carbocycles. The molecule has 36 heavy (non-hydrogen) atoms. The van der Waals surface area contributed by atoms with E-state index in [1.807, 2.05) is 33.1 Å². The summed E-state index contributed by atoms with van der Waals surface area (Å²) < 4.78 is 10.1. The highest BCUT2D eigenvalue weighted by molar-refractivity contribution is 7.98. The van der Waals surface area contributed by atoms with Crippen molar-refractivity contribution in [1.29, 1.82) is 0 Å². The Kier molecular flexibility index (Phi) is 12.3. The number of carbonyl (C=O) groups is 4. The van der Waals surface area contributed by atoms with Crippen LogP contribution in [-0.4, -0.2) is 71.6 Å². The Morgan fingerprint density at radius 1 is 1.06 bits per heavy atom. The highest BCUT2D eigenvalue weighted by atomic mass is 32.2. The molecule has 0 aromatic heterocycles. The van der Waals surface area contributed by atoms with Gasteiger partial charge in [-0.2, -0.15) is 11.8 Å². The Morgan fingerprint density at radius 3 is 2.17 bits per heavy atom. The van der Waals surface area contributed by atoms with Crippen LogP contribution in [0.5, 0.6) is 0 Å². The van der Waals surface area contributed by atoms with Gasteiger partial charge in [0.2, 0.25) is 11.8 Å². The summed E-state index contributed by atoms with van der Waals surface area (Å²) in [6, 6.07) is 6.92. The summed E-state index contributed by atoms with van der Waals surface area (Å²) in [5.41, 5.74) is -0.927. The van der Waals surface area contributed by atoms with Gasteiger partial charge < -0.3 is 25.0 Å². The summed E-state index contributed by atoms with van der Waals surface area (Å²) in [5.74, 6) is -0.935. The monoisotopic (exact) mass is 523 g/mol. The molecule has 2 N–H and O–H groups in total. The molecule has 1 rings (SSSR count). The zero-order valence-corrected chi connectivity index (χ0v) is 23.5. The van der Waals surface area contributed by atoms with Crippen molar-refractivity contribution in [1.82, 2.24) is 15.5 Å². The SMILES string of the molecule is CCC(C)(C)N(C(=O)C(CCSC)NC(=O)OC(C)(C)C)C(C(=O)NCC(=O)OC)c1ccccc1. The van der Waals surface area contributed by atoms with Crippen LogP contribution in [0.4, 0.5) is 4.79 Å². The maximum atomic E-state index is 14.1. The number of esters is 1. The molecule has 1 aromatic rings. The van der Waals surface area contributed by atoms with Crippen LogP contribution in [0.2, 0.25) is 0 Å². The molecule has 0 bridgehead atoms. The van der Waals surface area contributed by atoms with E-state index in [0.717, 1.165) is 0 Å². The molecule has 2 atom stereocenters. The van der Waals surface area contributed by atoms with Crippen molar-refractivity contribution >= 4 is 35.6 Å². The summed E-state index contributed by atoms with van der Waals surface area (Å²) in [6.45, 7) is 10.6. The first kappa shape index (κ1) is 31.3. The molecule has 202 valence electrons. The van der Waals surface area contributed by atoms with E-state index in [1.165, 1.54) is 12.0 Å². The number of rotatable bonds is 12. The molecule has 0 heterocycles. The van der Waals surface area contributed by atoms with Crippen LogP contribution in [0.25, 0.3) is 0 Å². The number of nitrogens with zero attached hydrogens (tertiary/aromatic N) is 1. The molecule has 0 aliphatic heterocycles. The first-order valence-electron chi connectivity index (χ1n) is 12.0. The van der Waals surface area contributed by atoms with Gasteiger partial charge in [-0.1, -0.05) is 37.3 Å². The van der Waals surface area contributed by atoms with Gasteiger partial charge in [0.25, 0.3) is 0 Å². The van der Waals surface area contributed by atoms with Gasteiger partial charge in [-0.3, -0.25) is 14.4 Å². The summed E-state index contributed by atoms with van der Waals surface area (Å²) in [6.07, 6.45) is 2.09.